The standard InChI is InChI=1S/C49H29N5/c1-51-38-23-19-33(20-24-38)37-29-44(34-17-15-32(31-50)16-18-34)52-49(30-37)54-46-14-8-6-12-41(46)43-28-36(22-26-48(43)54)35-21-25-47-42(27-35)40-11-5-7-13-45(40)53(47)39-9-3-2-4-10-39/h2-30H. The number of benzene rings is 7. The minimum Gasteiger partial charge on any atom is -0.309 e. The van der Waals surface area contributed by atoms with E-state index in [1.807, 2.05) is 48.5 Å². The van der Waals surface area contributed by atoms with E-state index in [9.17, 15) is 5.26 Å². The van der Waals surface area contributed by atoms with Crippen LogP contribution in [0.25, 0.3) is 93.5 Å². The zero-order valence-electron chi connectivity index (χ0n) is 29.0. The molecule has 5 nitrogen and oxygen atoms in total. The van der Waals surface area contributed by atoms with Gasteiger partial charge in [0.1, 0.15) is 5.82 Å². The van der Waals surface area contributed by atoms with E-state index in [4.69, 9.17) is 11.6 Å². The summed E-state index contributed by atoms with van der Waals surface area (Å²) in [4.78, 5) is 8.85. The van der Waals surface area contributed by atoms with E-state index in [-0.39, 0.29) is 0 Å². The van der Waals surface area contributed by atoms with Gasteiger partial charge in [-0.25, -0.2) is 9.83 Å². The first-order valence-corrected chi connectivity index (χ1v) is 17.8. The molecule has 0 aliphatic carbocycles. The van der Waals surface area contributed by atoms with Crippen LogP contribution in [-0.2, 0) is 0 Å². The average Bonchev–Trinajstić information content (AvgIpc) is 3.76. The fourth-order valence-electron chi connectivity index (χ4n) is 7.80. The van der Waals surface area contributed by atoms with Crippen molar-refractivity contribution < 1.29 is 0 Å². The van der Waals surface area contributed by atoms with E-state index in [0.29, 0.717) is 11.3 Å². The van der Waals surface area contributed by atoms with Crippen LogP contribution in [0, 0.1) is 17.9 Å². The number of hydrogen-bond donors (Lipinski definition) is 0. The molecule has 3 heterocycles. The van der Waals surface area contributed by atoms with E-state index in [1.165, 1.54) is 21.8 Å². The maximum Gasteiger partial charge on any atom is 0.187 e. The molecular formula is C49H29N5. The number of rotatable bonds is 5. The molecule has 0 aliphatic rings. The molecule has 3 aromatic heterocycles. The van der Waals surface area contributed by atoms with Gasteiger partial charge < -0.3 is 4.57 Å². The summed E-state index contributed by atoms with van der Waals surface area (Å²) in [6.07, 6.45) is 0. The molecule has 7 aromatic carbocycles. The number of para-hydroxylation sites is 3. The number of fused-ring (bicyclic) bond motifs is 6. The molecule has 0 saturated carbocycles. The van der Waals surface area contributed by atoms with Gasteiger partial charge in [-0.1, -0.05) is 103 Å². The Morgan fingerprint density at radius 3 is 1.63 bits per heavy atom. The average molecular weight is 688 g/mol. The fourth-order valence-corrected chi connectivity index (χ4v) is 7.80. The monoisotopic (exact) mass is 687 g/mol. The summed E-state index contributed by atoms with van der Waals surface area (Å²) in [7, 11) is 0. The van der Waals surface area contributed by atoms with Crippen molar-refractivity contribution in [3.05, 3.63) is 193 Å². The lowest BCUT2D eigenvalue weighted by Crippen LogP contribution is -2.00. The lowest BCUT2D eigenvalue weighted by Gasteiger charge is -2.13. The normalized spacial score (nSPS) is 11.3. The summed E-state index contributed by atoms with van der Waals surface area (Å²) in [6, 6.07) is 62.8. The van der Waals surface area contributed by atoms with Crippen molar-refractivity contribution >= 4 is 49.3 Å². The number of aromatic nitrogens is 3. The molecule has 0 fully saturated rings. The van der Waals surface area contributed by atoms with Crippen molar-refractivity contribution in [2.75, 3.05) is 0 Å². The van der Waals surface area contributed by atoms with Gasteiger partial charge in [-0.2, -0.15) is 5.26 Å². The van der Waals surface area contributed by atoms with Gasteiger partial charge in [-0.3, -0.25) is 4.57 Å². The molecule has 0 radical (unpaired) electrons. The smallest absolute Gasteiger partial charge is 0.187 e. The maximum absolute atomic E-state index is 9.44. The van der Waals surface area contributed by atoms with Gasteiger partial charge in [-0.15, -0.1) is 0 Å². The highest BCUT2D eigenvalue weighted by atomic mass is 15.1. The van der Waals surface area contributed by atoms with E-state index >= 15 is 0 Å². The molecule has 0 unspecified atom stereocenters. The largest absolute Gasteiger partial charge is 0.309 e. The Kier molecular flexibility index (Phi) is 7.18. The minimum absolute atomic E-state index is 0.597. The summed E-state index contributed by atoms with van der Waals surface area (Å²) in [6.45, 7) is 7.44. The third-order valence-electron chi connectivity index (χ3n) is 10.4. The van der Waals surface area contributed by atoms with Crippen LogP contribution in [0.2, 0.25) is 0 Å². The molecule has 0 atom stereocenters. The molecule has 10 rings (SSSR count). The SMILES string of the molecule is [C-]#[N+]c1ccc(-c2cc(-c3ccc(C#N)cc3)nc(-n3c4ccccc4c4cc(-c5ccc6c(c5)c5ccccc5n6-c5ccccc5)ccc43)c2)cc1. The number of pyridine rings is 1. The predicted octanol–water partition coefficient (Wildman–Crippen LogP) is 12.7. The third kappa shape index (κ3) is 5.04. The van der Waals surface area contributed by atoms with Crippen LogP contribution in [0.4, 0.5) is 5.69 Å². The van der Waals surface area contributed by atoms with Gasteiger partial charge in [0, 0.05) is 32.8 Å². The molecule has 54 heavy (non-hydrogen) atoms. The summed E-state index contributed by atoms with van der Waals surface area (Å²) in [5.41, 5.74) is 12.8. The quantitative estimate of drug-likeness (QED) is 0.169. The van der Waals surface area contributed by atoms with Crippen molar-refractivity contribution in [1.29, 1.82) is 5.26 Å². The van der Waals surface area contributed by atoms with Gasteiger partial charge in [0.05, 0.1) is 46.0 Å². The molecule has 0 bridgehead atoms. The second kappa shape index (κ2) is 12.5. The van der Waals surface area contributed by atoms with Crippen LogP contribution in [0.3, 0.4) is 0 Å². The minimum atomic E-state index is 0.597. The number of nitriles is 1. The Morgan fingerprint density at radius 2 is 1.00 bits per heavy atom. The highest BCUT2D eigenvalue weighted by Gasteiger charge is 2.18. The molecule has 5 heteroatoms. The Labute approximate surface area is 311 Å². The lowest BCUT2D eigenvalue weighted by atomic mass is 10.0. The third-order valence-corrected chi connectivity index (χ3v) is 10.4. The van der Waals surface area contributed by atoms with E-state index in [1.54, 1.807) is 0 Å². The summed E-state index contributed by atoms with van der Waals surface area (Å²) >= 11 is 0. The van der Waals surface area contributed by atoms with Gasteiger partial charge in [0.25, 0.3) is 0 Å². The number of hydrogen-bond acceptors (Lipinski definition) is 2. The van der Waals surface area contributed by atoms with Gasteiger partial charge in [-0.05, 0) is 95.1 Å². The molecule has 0 aliphatic heterocycles. The molecule has 0 N–H and O–H groups in total. The van der Waals surface area contributed by atoms with Crippen molar-refractivity contribution in [3.8, 4) is 51.1 Å². The first-order chi connectivity index (χ1) is 26.7. The van der Waals surface area contributed by atoms with Gasteiger partial charge in [0.2, 0.25) is 0 Å². The van der Waals surface area contributed by atoms with Crippen molar-refractivity contribution in [2.45, 2.75) is 0 Å². The Balaban J connectivity index is 1.16. The first kappa shape index (κ1) is 31.0. The fraction of sp³-hybridized carbons (Fsp3) is 0. The van der Waals surface area contributed by atoms with Crippen LogP contribution >= 0.6 is 0 Å². The van der Waals surface area contributed by atoms with E-state index in [2.05, 4.69) is 147 Å². The van der Waals surface area contributed by atoms with Crippen LogP contribution in [-0.4, -0.2) is 14.1 Å². The second-order valence-electron chi connectivity index (χ2n) is 13.5. The molecule has 0 amide bonds. The van der Waals surface area contributed by atoms with Crippen molar-refractivity contribution in [2.24, 2.45) is 0 Å². The van der Waals surface area contributed by atoms with Crippen LogP contribution in [0.1, 0.15) is 5.56 Å². The second-order valence-corrected chi connectivity index (χ2v) is 13.5. The Hall–Kier alpha value is -7.73. The van der Waals surface area contributed by atoms with Crippen LogP contribution < -0.4 is 0 Å². The number of nitrogens with zero attached hydrogens (tertiary/aromatic N) is 5. The first-order valence-electron chi connectivity index (χ1n) is 17.8. The predicted molar refractivity (Wildman–Crippen MR) is 220 cm³/mol. The summed E-state index contributed by atoms with van der Waals surface area (Å²) in [5, 5.41) is 14.2. The van der Waals surface area contributed by atoms with Gasteiger partial charge in [0.15, 0.2) is 5.69 Å². The highest BCUT2D eigenvalue weighted by Crippen LogP contribution is 2.39. The lowest BCUT2D eigenvalue weighted by molar-refractivity contribution is 1.08. The maximum atomic E-state index is 9.44. The van der Waals surface area contributed by atoms with Crippen molar-refractivity contribution in [3.63, 3.8) is 0 Å². The van der Waals surface area contributed by atoms with Crippen LogP contribution in [0.5, 0.6) is 0 Å². The molecule has 0 spiro atoms. The molecule has 250 valence electrons. The topological polar surface area (TPSA) is 50.9 Å². The zero-order valence-corrected chi connectivity index (χ0v) is 29.0. The molecule has 10 aromatic rings. The van der Waals surface area contributed by atoms with Gasteiger partial charge >= 0.3 is 0 Å². The van der Waals surface area contributed by atoms with Crippen molar-refractivity contribution in [1.82, 2.24) is 14.1 Å². The zero-order chi connectivity index (χ0) is 36.2. The summed E-state index contributed by atoms with van der Waals surface area (Å²) in [5.74, 6) is 0.787. The van der Waals surface area contributed by atoms with E-state index < -0.39 is 0 Å². The van der Waals surface area contributed by atoms with Crippen LogP contribution in [0.15, 0.2) is 176 Å². The molecular weight excluding hydrogens is 659 g/mol. The Bertz CT molecular complexity index is 3080. The highest BCUT2D eigenvalue weighted by molar-refractivity contribution is 6.12. The summed E-state index contributed by atoms with van der Waals surface area (Å²) < 4.78 is 4.59. The Morgan fingerprint density at radius 1 is 0.463 bits per heavy atom. The van der Waals surface area contributed by atoms with E-state index in [0.717, 1.165) is 66.8 Å². The molecule has 0 saturated heterocycles.